The molecule has 21 heavy (non-hydrogen) atoms. The van der Waals surface area contributed by atoms with Gasteiger partial charge in [0, 0.05) is 32.2 Å². The molecule has 5 nitrogen and oxygen atoms in total. The van der Waals surface area contributed by atoms with Gasteiger partial charge in [0.15, 0.2) is 0 Å². The topological polar surface area (TPSA) is 59.0 Å². The highest BCUT2D eigenvalue weighted by atomic mass is 16.1. The molecule has 0 radical (unpaired) electrons. The lowest BCUT2D eigenvalue weighted by molar-refractivity contribution is 0.0954. The molecule has 0 spiro atoms. The van der Waals surface area contributed by atoms with E-state index in [-0.39, 0.29) is 5.91 Å². The van der Waals surface area contributed by atoms with Crippen molar-refractivity contribution in [3.05, 3.63) is 52.8 Å². The second-order valence-corrected chi connectivity index (χ2v) is 5.20. The molecule has 0 saturated heterocycles. The molecular formula is C16H22N4O. The van der Waals surface area contributed by atoms with E-state index in [0.717, 1.165) is 30.0 Å². The predicted octanol–water partition coefficient (Wildman–Crippen LogP) is 1.56. The lowest BCUT2D eigenvalue weighted by Gasteiger charge is -2.07. The van der Waals surface area contributed by atoms with Gasteiger partial charge in [0.1, 0.15) is 0 Å². The van der Waals surface area contributed by atoms with E-state index in [4.69, 9.17) is 0 Å². The number of nitrogens with zero attached hydrogens (tertiary/aromatic N) is 2. The fourth-order valence-corrected chi connectivity index (χ4v) is 2.12. The fraction of sp³-hybridized carbons (Fsp3) is 0.375. The van der Waals surface area contributed by atoms with E-state index in [1.165, 1.54) is 0 Å². The van der Waals surface area contributed by atoms with Crippen LogP contribution in [-0.4, -0.2) is 28.8 Å². The molecule has 2 rings (SSSR count). The lowest BCUT2D eigenvalue weighted by atomic mass is 10.1. The SMILES string of the molecule is Cc1ccc(C(=O)NCCNCc2cc(C)nn2C)cc1. The smallest absolute Gasteiger partial charge is 0.251 e. The number of nitrogens with one attached hydrogen (secondary N) is 2. The summed E-state index contributed by atoms with van der Waals surface area (Å²) in [6, 6.07) is 9.63. The van der Waals surface area contributed by atoms with Crippen molar-refractivity contribution in [3.8, 4) is 0 Å². The molecule has 0 fully saturated rings. The minimum absolute atomic E-state index is 0.0341. The van der Waals surface area contributed by atoms with Crippen LogP contribution < -0.4 is 10.6 Å². The number of aryl methyl sites for hydroxylation is 3. The monoisotopic (exact) mass is 286 g/mol. The van der Waals surface area contributed by atoms with Gasteiger partial charge in [0.05, 0.1) is 11.4 Å². The van der Waals surface area contributed by atoms with Gasteiger partial charge in [-0.1, -0.05) is 17.7 Å². The molecule has 112 valence electrons. The molecule has 1 amide bonds. The predicted molar refractivity (Wildman–Crippen MR) is 83.2 cm³/mol. The van der Waals surface area contributed by atoms with Crippen molar-refractivity contribution in [3.63, 3.8) is 0 Å². The fourth-order valence-electron chi connectivity index (χ4n) is 2.12. The summed E-state index contributed by atoms with van der Waals surface area (Å²) < 4.78 is 1.87. The van der Waals surface area contributed by atoms with Gasteiger partial charge in [-0.3, -0.25) is 9.48 Å². The Morgan fingerprint density at radius 1 is 1.19 bits per heavy atom. The van der Waals surface area contributed by atoms with Gasteiger partial charge in [-0.25, -0.2) is 0 Å². The summed E-state index contributed by atoms with van der Waals surface area (Å²) in [4.78, 5) is 11.9. The first kappa shape index (κ1) is 15.3. The van der Waals surface area contributed by atoms with E-state index in [9.17, 15) is 4.79 Å². The van der Waals surface area contributed by atoms with Crippen LogP contribution in [0.2, 0.25) is 0 Å². The normalized spacial score (nSPS) is 10.6. The van der Waals surface area contributed by atoms with Crippen LogP contribution in [-0.2, 0) is 13.6 Å². The molecule has 0 aliphatic rings. The van der Waals surface area contributed by atoms with Crippen LogP contribution >= 0.6 is 0 Å². The highest BCUT2D eigenvalue weighted by molar-refractivity contribution is 5.94. The lowest BCUT2D eigenvalue weighted by Crippen LogP contribution is -2.31. The Morgan fingerprint density at radius 3 is 2.52 bits per heavy atom. The van der Waals surface area contributed by atoms with Gasteiger partial charge in [-0.2, -0.15) is 5.10 Å². The molecule has 0 unspecified atom stereocenters. The largest absolute Gasteiger partial charge is 0.351 e. The van der Waals surface area contributed by atoms with Crippen LogP contribution in [0.3, 0.4) is 0 Å². The molecule has 2 N–H and O–H groups in total. The van der Waals surface area contributed by atoms with Crippen LogP contribution in [0.1, 0.15) is 27.3 Å². The quantitative estimate of drug-likeness (QED) is 0.792. The van der Waals surface area contributed by atoms with Crippen molar-refractivity contribution in [2.45, 2.75) is 20.4 Å². The standard InChI is InChI=1S/C16H22N4O/c1-12-4-6-14(7-5-12)16(21)18-9-8-17-11-15-10-13(2)19-20(15)3/h4-7,10,17H,8-9,11H2,1-3H3,(H,18,21). The second kappa shape index (κ2) is 7.04. The van der Waals surface area contributed by atoms with E-state index in [0.29, 0.717) is 12.1 Å². The number of carbonyl (C=O) groups excluding carboxylic acids is 1. The third kappa shape index (κ3) is 4.43. The summed E-state index contributed by atoms with van der Waals surface area (Å²) in [7, 11) is 1.93. The molecule has 0 aliphatic carbocycles. The van der Waals surface area contributed by atoms with Gasteiger partial charge < -0.3 is 10.6 Å². The van der Waals surface area contributed by atoms with Crippen LogP contribution in [0, 0.1) is 13.8 Å². The van der Waals surface area contributed by atoms with Crippen LogP contribution in [0.15, 0.2) is 30.3 Å². The Kier molecular flexibility index (Phi) is 5.11. The highest BCUT2D eigenvalue weighted by Crippen LogP contribution is 2.02. The summed E-state index contributed by atoms with van der Waals surface area (Å²) in [6.45, 7) is 6.06. The van der Waals surface area contributed by atoms with Crippen molar-refractivity contribution >= 4 is 5.91 Å². The van der Waals surface area contributed by atoms with Crippen molar-refractivity contribution in [2.75, 3.05) is 13.1 Å². The molecule has 0 saturated carbocycles. The number of aromatic nitrogens is 2. The van der Waals surface area contributed by atoms with Gasteiger partial charge in [-0.15, -0.1) is 0 Å². The van der Waals surface area contributed by atoms with Crippen LogP contribution in [0.5, 0.6) is 0 Å². The average Bonchev–Trinajstić information content (AvgIpc) is 2.77. The molecule has 2 aromatic rings. The summed E-state index contributed by atoms with van der Waals surface area (Å²) in [5, 5.41) is 10.5. The summed E-state index contributed by atoms with van der Waals surface area (Å²) >= 11 is 0. The third-order valence-electron chi connectivity index (χ3n) is 3.31. The Morgan fingerprint density at radius 2 is 1.90 bits per heavy atom. The number of benzene rings is 1. The van der Waals surface area contributed by atoms with Gasteiger partial charge >= 0.3 is 0 Å². The first-order valence-electron chi connectivity index (χ1n) is 7.11. The van der Waals surface area contributed by atoms with E-state index < -0.39 is 0 Å². The first-order chi connectivity index (χ1) is 10.1. The van der Waals surface area contributed by atoms with Crippen molar-refractivity contribution in [1.82, 2.24) is 20.4 Å². The zero-order chi connectivity index (χ0) is 15.2. The van der Waals surface area contributed by atoms with E-state index in [1.54, 1.807) is 0 Å². The van der Waals surface area contributed by atoms with E-state index >= 15 is 0 Å². The van der Waals surface area contributed by atoms with E-state index in [1.807, 2.05) is 49.8 Å². The molecule has 1 aromatic heterocycles. The molecule has 5 heteroatoms. The summed E-state index contributed by atoms with van der Waals surface area (Å²) in [5.74, 6) is -0.0341. The van der Waals surface area contributed by atoms with Crippen LogP contribution in [0.25, 0.3) is 0 Å². The van der Waals surface area contributed by atoms with Crippen molar-refractivity contribution < 1.29 is 4.79 Å². The minimum Gasteiger partial charge on any atom is -0.351 e. The molecule has 0 aliphatic heterocycles. The Labute approximate surface area is 125 Å². The maximum atomic E-state index is 11.9. The number of hydrogen-bond donors (Lipinski definition) is 2. The Bertz CT molecular complexity index is 601. The van der Waals surface area contributed by atoms with E-state index in [2.05, 4.69) is 21.8 Å². The molecule has 0 atom stereocenters. The number of hydrogen-bond acceptors (Lipinski definition) is 3. The zero-order valence-corrected chi connectivity index (χ0v) is 12.8. The molecule has 0 bridgehead atoms. The van der Waals surface area contributed by atoms with Crippen molar-refractivity contribution in [1.29, 1.82) is 0 Å². The van der Waals surface area contributed by atoms with Gasteiger partial charge in [-0.05, 0) is 32.0 Å². The third-order valence-corrected chi connectivity index (χ3v) is 3.31. The maximum Gasteiger partial charge on any atom is 0.251 e. The molecule has 1 heterocycles. The Balaban J connectivity index is 1.69. The zero-order valence-electron chi connectivity index (χ0n) is 12.8. The second-order valence-electron chi connectivity index (χ2n) is 5.20. The number of rotatable bonds is 6. The summed E-state index contributed by atoms with van der Waals surface area (Å²) in [5.41, 5.74) is 4.00. The first-order valence-corrected chi connectivity index (χ1v) is 7.11. The maximum absolute atomic E-state index is 11.9. The molecule has 1 aromatic carbocycles. The van der Waals surface area contributed by atoms with Crippen molar-refractivity contribution in [2.24, 2.45) is 7.05 Å². The van der Waals surface area contributed by atoms with Crippen LogP contribution in [0.4, 0.5) is 0 Å². The van der Waals surface area contributed by atoms with Gasteiger partial charge in [0.2, 0.25) is 0 Å². The highest BCUT2D eigenvalue weighted by Gasteiger charge is 2.04. The van der Waals surface area contributed by atoms with Gasteiger partial charge in [0.25, 0.3) is 5.91 Å². The average molecular weight is 286 g/mol. The Hall–Kier alpha value is -2.14. The number of carbonyl (C=O) groups is 1. The minimum atomic E-state index is -0.0341. The molecular weight excluding hydrogens is 264 g/mol. The summed E-state index contributed by atoms with van der Waals surface area (Å²) in [6.07, 6.45) is 0. The number of amides is 1.